The van der Waals surface area contributed by atoms with Gasteiger partial charge in [-0.1, -0.05) is 20.8 Å². The molecule has 1 fully saturated rings. The number of nitrogens with one attached hydrogen (secondary N) is 1. The molecule has 3 heteroatoms. The van der Waals surface area contributed by atoms with Crippen LogP contribution in [-0.4, -0.2) is 5.91 Å². The second-order valence-electron chi connectivity index (χ2n) is 6.79. The van der Waals surface area contributed by atoms with Crippen LogP contribution in [0.1, 0.15) is 52.0 Å². The maximum Gasteiger partial charge on any atom is 0.230 e. The van der Waals surface area contributed by atoms with E-state index in [-0.39, 0.29) is 11.3 Å². The van der Waals surface area contributed by atoms with Crippen molar-refractivity contribution in [3.05, 3.63) is 29.8 Å². The van der Waals surface area contributed by atoms with Crippen molar-refractivity contribution in [2.24, 2.45) is 17.3 Å². The predicted octanol–water partition coefficient (Wildman–Crippen LogP) is 4.35. The van der Waals surface area contributed by atoms with Crippen molar-refractivity contribution in [2.45, 2.75) is 46.5 Å². The maximum absolute atomic E-state index is 12.5. The van der Waals surface area contributed by atoms with Crippen molar-refractivity contribution in [1.29, 1.82) is 5.26 Å². The van der Waals surface area contributed by atoms with E-state index in [2.05, 4.69) is 32.2 Å². The topological polar surface area (TPSA) is 52.9 Å². The van der Waals surface area contributed by atoms with Gasteiger partial charge >= 0.3 is 0 Å². The molecule has 0 aromatic heterocycles. The van der Waals surface area contributed by atoms with Crippen molar-refractivity contribution >= 4 is 11.6 Å². The maximum atomic E-state index is 12.5. The lowest BCUT2D eigenvalue weighted by atomic mass is 9.68. The summed E-state index contributed by atoms with van der Waals surface area (Å²) in [4.78, 5) is 12.5. The molecule has 1 aliphatic rings. The van der Waals surface area contributed by atoms with Crippen LogP contribution in [0.15, 0.2) is 24.3 Å². The molecule has 1 N–H and O–H groups in total. The molecule has 0 atom stereocenters. The zero-order chi connectivity index (χ0) is 15.5. The van der Waals surface area contributed by atoms with E-state index in [0.29, 0.717) is 11.5 Å². The standard InChI is InChI=1S/C18H24N2O/c1-13(2)15-8-10-18(3,11-9-15)17(21)20-16-6-4-14(12-19)5-7-16/h4-7,13,15H,8-11H2,1-3H3,(H,20,21). The minimum absolute atomic E-state index is 0.106. The summed E-state index contributed by atoms with van der Waals surface area (Å²) in [6.07, 6.45) is 4.18. The first-order valence-electron chi connectivity index (χ1n) is 7.76. The Balaban J connectivity index is 1.98. The number of carbonyl (C=O) groups excluding carboxylic acids is 1. The molecule has 0 bridgehead atoms. The zero-order valence-electron chi connectivity index (χ0n) is 13.1. The molecule has 0 radical (unpaired) electrons. The van der Waals surface area contributed by atoms with Crippen molar-refractivity contribution in [3.63, 3.8) is 0 Å². The summed E-state index contributed by atoms with van der Waals surface area (Å²) >= 11 is 0. The van der Waals surface area contributed by atoms with Gasteiger partial charge in [-0.15, -0.1) is 0 Å². The second kappa shape index (κ2) is 6.30. The van der Waals surface area contributed by atoms with E-state index >= 15 is 0 Å². The van der Waals surface area contributed by atoms with Crippen molar-refractivity contribution < 1.29 is 4.79 Å². The van der Waals surface area contributed by atoms with Gasteiger partial charge in [-0.2, -0.15) is 5.26 Å². The van der Waals surface area contributed by atoms with Gasteiger partial charge in [0.15, 0.2) is 0 Å². The SMILES string of the molecule is CC(C)C1CCC(C)(C(=O)Nc2ccc(C#N)cc2)CC1. The van der Waals surface area contributed by atoms with Crippen LogP contribution in [0.5, 0.6) is 0 Å². The summed E-state index contributed by atoms with van der Waals surface area (Å²) < 4.78 is 0. The molecular formula is C18H24N2O. The number of nitrogens with zero attached hydrogens (tertiary/aromatic N) is 1. The average molecular weight is 284 g/mol. The smallest absolute Gasteiger partial charge is 0.230 e. The Bertz CT molecular complexity index is 531. The van der Waals surface area contributed by atoms with Gasteiger partial charge in [-0.05, 0) is 61.8 Å². The molecule has 0 aliphatic heterocycles. The fourth-order valence-corrected chi connectivity index (χ4v) is 3.08. The largest absolute Gasteiger partial charge is 0.326 e. The molecule has 0 saturated heterocycles. The monoisotopic (exact) mass is 284 g/mol. The number of hydrogen-bond donors (Lipinski definition) is 1. The van der Waals surface area contributed by atoms with Crippen molar-refractivity contribution in [1.82, 2.24) is 0 Å². The highest BCUT2D eigenvalue weighted by Crippen LogP contribution is 2.41. The van der Waals surface area contributed by atoms with Gasteiger partial charge in [0.05, 0.1) is 11.6 Å². The molecule has 1 aliphatic carbocycles. The Labute approximate surface area is 127 Å². The van der Waals surface area contributed by atoms with Gasteiger partial charge in [-0.3, -0.25) is 4.79 Å². The first-order chi connectivity index (χ1) is 9.94. The minimum Gasteiger partial charge on any atom is -0.326 e. The Hall–Kier alpha value is -1.82. The molecule has 1 aromatic carbocycles. The second-order valence-corrected chi connectivity index (χ2v) is 6.79. The summed E-state index contributed by atoms with van der Waals surface area (Å²) in [5.41, 5.74) is 1.11. The van der Waals surface area contributed by atoms with E-state index in [1.165, 1.54) is 0 Å². The zero-order valence-corrected chi connectivity index (χ0v) is 13.1. The Morgan fingerprint density at radius 1 is 1.29 bits per heavy atom. The van der Waals surface area contributed by atoms with Crippen molar-refractivity contribution in [3.8, 4) is 6.07 Å². The van der Waals surface area contributed by atoms with Crippen LogP contribution in [-0.2, 0) is 4.79 Å². The van der Waals surface area contributed by atoms with E-state index in [9.17, 15) is 4.79 Å². The summed E-state index contributed by atoms with van der Waals surface area (Å²) in [6.45, 7) is 6.61. The van der Waals surface area contributed by atoms with Crippen LogP contribution >= 0.6 is 0 Å². The molecule has 0 heterocycles. The Morgan fingerprint density at radius 2 is 1.86 bits per heavy atom. The first-order valence-corrected chi connectivity index (χ1v) is 7.76. The molecule has 3 nitrogen and oxygen atoms in total. The number of hydrogen-bond acceptors (Lipinski definition) is 2. The van der Waals surface area contributed by atoms with E-state index in [0.717, 1.165) is 37.3 Å². The number of nitriles is 1. The summed E-state index contributed by atoms with van der Waals surface area (Å²) in [5.74, 6) is 1.56. The third kappa shape index (κ3) is 3.64. The lowest BCUT2D eigenvalue weighted by Gasteiger charge is -2.37. The van der Waals surface area contributed by atoms with Gasteiger partial charge in [-0.25, -0.2) is 0 Å². The van der Waals surface area contributed by atoms with Gasteiger partial charge in [0.1, 0.15) is 0 Å². The van der Waals surface area contributed by atoms with Crippen LogP contribution in [0.2, 0.25) is 0 Å². The fourth-order valence-electron chi connectivity index (χ4n) is 3.08. The number of anilines is 1. The van der Waals surface area contributed by atoms with Gasteiger partial charge < -0.3 is 5.32 Å². The third-order valence-electron chi connectivity index (χ3n) is 4.90. The first kappa shape index (κ1) is 15.6. The molecular weight excluding hydrogens is 260 g/mol. The quantitative estimate of drug-likeness (QED) is 0.897. The van der Waals surface area contributed by atoms with E-state index in [1.54, 1.807) is 24.3 Å². The predicted molar refractivity (Wildman–Crippen MR) is 84.7 cm³/mol. The molecule has 21 heavy (non-hydrogen) atoms. The van der Waals surface area contributed by atoms with Crippen LogP contribution in [0.3, 0.4) is 0 Å². The lowest BCUT2D eigenvalue weighted by molar-refractivity contribution is -0.127. The Morgan fingerprint density at radius 3 is 2.33 bits per heavy atom. The van der Waals surface area contributed by atoms with Gasteiger partial charge in [0, 0.05) is 11.1 Å². The van der Waals surface area contributed by atoms with Crippen LogP contribution in [0.25, 0.3) is 0 Å². The molecule has 1 aromatic rings. The minimum atomic E-state index is -0.265. The summed E-state index contributed by atoms with van der Waals surface area (Å²) in [5, 5.41) is 11.8. The van der Waals surface area contributed by atoms with Gasteiger partial charge in [0.25, 0.3) is 0 Å². The Kier molecular flexibility index (Phi) is 4.67. The number of rotatable bonds is 3. The van der Waals surface area contributed by atoms with Crippen LogP contribution < -0.4 is 5.32 Å². The molecule has 1 amide bonds. The highest BCUT2D eigenvalue weighted by Gasteiger charge is 2.38. The summed E-state index contributed by atoms with van der Waals surface area (Å²) in [7, 11) is 0. The highest BCUT2D eigenvalue weighted by atomic mass is 16.2. The number of amides is 1. The molecule has 0 spiro atoms. The van der Waals surface area contributed by atoms with E-state index in [1.807, 2.05) is 0 Å². The number of benzene rings is 1. The van der Waals surface area contributed by atoms with Gasteiger partial charge in [0.2, 0.25) is 5.91 Å². The van der Waals surface area contributed by atoms with Crippen molar-refractivity contribution in [2.75, 3.05) is 5.32 Å². The molecule has 1 saturated carbocycles. The van der Waals surface area contributed by atoms with Crippen LogP contribution in [0, 0.1) is 28.6 Å². The lowest BCUT2D eigenvalue weighted by Crippen LogP contribution is -2.37. The molecule has 2 rings (SSSR count). The summed E-state index contributed by atoms with van der Waals surface area (Å²) in [6, 6.07) is 9.12. The van der Waals surface area contributed by atoms with Crippen LogP contribution in [0.4, 0.5) is 5.69 Å². The van der Waals surface area contributed by atoms with E-state index < -0.39 is 0 Å². The third-order valence-corrected chi connectivity index (χ3v) is 4.90. The number of carbonyl (C=O) groups is 1. The highest BCUT2D eigenvalue weighted by molar-refractivity contribution is 5.95. The van der Waals surface area contributed by atoms with E-state index in [4.69, 9.17) is 5.26 Å². The fraction of sp³-hybridized carbons (Fsp3) is 0.556. The normalized spacial score (nSPS) is 25.4. The molecule has 112 valence electrons. The molecule has 0 unspecified atom stereocenters. The average Bonchev–Trinajstić information content (AvgIpc) is 2.48.